The van der Waals surface area contributed by atoms with Gasteiger partial charge in [0.25, 0.3) is 0 Å². The van der Waals surface area contributed by atoms with E-state index in [-0.39, 0.29) is 16.6 Å². The lowest BCUT2D eigenvalue weighted by molar-refractivity contribution is 0.600. The van der Waals surface area contributed by atoms with Gasteiger partial charge in [0.15, 0.2) is 0 Å². The van der Waals surface area contributed by atoms with Crippen molar-refractivity contribution in [3.05, 3.63) is 59.8 Å². The fourth-order valence-electron chi connectivity index (χ4n) is 1.71. The molecule has 0 spiro atoms. The maximum absolute atomic E-state index is 12.1. The van der Waals surface area contributed by atoms with Crippen LogP contribution < -0.4 is 10.5 Å². The molecule has 1 aromatic heterocycles. The van der Waals surface area contributed by atoms with E-state index >= 15 is 0 Å². The summed E-state index contributed by atoms with van der Waals surface area (Å²) in [4.78, 5) is 4.10. The van der Waals surface area contributed by atoms with Crippen LogP contribution in [0.15, 0.2) is 48.7 Å². The monoisotopic (exact) mass is 307 g/mol. The maximum atomic E-state index is 12.1. The summed E-state index contributed by atoms with van der Waals surface area (Å²) in [5, 5.41) is 0. The van der Waals surface area contributed by atoms with Gasteiger partial charge >= 0.3 is 0 Å². The van der Waals surface area contributed by atoms with Crippen molar-refractivity contribution in [1.29, 1.82) is 0 Å². The molecule has 5 nitrogen and oxygen atoms in total. The summed E-state index contributed by atoms with van der Waals surface area (Å²) in [6.45, 7) is 0. The van der Waals surface area contributed by atoms with Crippen molar-refractivity contribution in [3.63, 3.8) is 0 Å². The number of aromatic nitrogens is 1. The van der Waals surface area contributed by atoms with Crippen LogP contribution in [0.2, 0.25) is 0 Å². The highest BCUT2D eigenvalue weighted by Gasteiger charge is 2.15. The molecule has 0 aliphatic heterocycles. The van der Waals surface area contributed by atoms with Gasteiger partial charge in [-0.3, -0.25) is 4.72 Å². The van der Waals surface area contributed by atoms with Gasteiger partial charge in [0.1, 0.15) is 10.8 Å². The molecule has 0 saturated carbocycles. The Morgan fingerprint density at radius 3 is 2.55 bits per heavy atom. The van der Waals surface area contributed by atoms with Crippen molar-refractivity contribution in [2.75, 3.05) is 4.72 Å². The number of hydrogen-bond acceptors (Lipinski definition) is 4. The lowest BCUT2D eigenvalue weighted by Crippen LogP contribution is -2.19. The summed E-state index contributed by atoms with van der Waals surface area (Å²) < 4.78 is 26.6. The van der Waals surface area contributed by atoms with Gasteiger partial charge in [0, 0.05) is 11.8 Å². The Kier molecular flexibility index (Phi) is 4.31. The highest BCUT2D eigenvalue weighted by atomic mass is 32.2. The number of sulfonamides is 1. The predicted octanol–water partition coefficient (Wildman–Crippen LogP) is 1.66. The third-order valence-electron chi connectivity index (χ3n) is 2.55. The van der Waals surface area contributed by atoms with E-state index in [2.05, 4.69) is 9.71 Å². The Bertz CT molecular complexity index is 715. The fourth-order valence-corrected chi connectivity index (χ4v) is 3.08. The zero-order valence-electron chi connectivity index (χ0n) is 10.5. The molecule has 3 N–H and O–H groups in total. The summed E-state index contributed by atoms with van der Waals surface area (Å²) in [6, 6.07) is 11.9. The molecular weight excluding hydrogens is 294 g/mol. The number of rotatable bonds is 5. The second kappa shape index (κ2) is 5.98. The lowest BCUT2D eigenvalue weighted by atomic mass is 10.1. The molecule has 0 aliphatic rings. The number of nitrogens with zero attached hydrogens (tertiary/aromatic N) is 1. The molecule has 0 unspecified atom stereocenters. The van der Waals surface area contributed by atoms with Gasteiger partial charge in [0.2, 0.25) is 10.0 Å². The van der Waals surface area contributed by atoms with Crippen LogP contribution in [0, 0.1) is 0 Å². The number of pyridine rings is 1. The average Bonchev–Trinajstić information content (AvgIpc) is 2.39. The molecule has 0 saturated heterocycles. The molecule has 104 valence electrons. The van der Waals surface area contributed by atoms with Crippen LogP contribution in [0.3, 0.4) is 0 Å². The summed E-state index contributed by atoms with van der Waals surface area (Å²) in [7, 11) is -3.57. The zero-order valence-corrected chi connectivity index (χ0v) is 12.1. The van der Waals surface area contributed by atoms with Gasteiger partial charge in [0.05, 0.1) is 5.75 Å². The predicted molar refractivity (Wildman–Crippen MR) is 82.8 cm³/mol. The van der Waals surface area contributed by atoms with Gasteiger partial charge in [-0.15, -0.1) is 0 Å². The Hall–Kier alpha value is -1.99. The Morgan fingerprint density at radius 2 is 1.90 bits per heavy atom. The standard InChI is InChI=1S/C13H13N3O2S2/c14-13(19)11-6-2-1-5-10(11)9-20(17,18)16-12-7-3-4-8-15-12/h1-8H,9H2,(H2,14,19)(H,15,16). The van der Waals surface area contributed by atoms with Crippen LogP contribution >= 0.6 is 12.2 Å². The van der Waals surface area contributed by atoms with Crippen molar-refractivity contribution < 1.29 is 8.42 Å². The number of anilines is 1. The lowest BCUT2D eigenvalue weighted by Gasteiger charge is -2.10. The van der Waals surface area contributed by atoms with Crippen LogP contribution in [-0.4, -0.2) is 18.4 Å². The molecule has 7 heteroatoms. The zero-order chi connectivity index (χ0) is 14.6. The van der Waals surface area contributed by atoms with Crippen molar-refractivity contribution in [2.24, 2.45) is 5.73 Å². The molecule has 0 radical (unpaired) electrons. The molecule has 2 rings (SSSR count). The van der Waals surface area contributed by atoms with E-state index < -0.39 is 10.0 Å². The molecular formula is C13H13N3O2S2. The van der Waals surface area contributed by atoms with Crippen molar-refractivity contribution in [2.45, 2.75) is 5.75 Å². The molecule has 20 heavy (non-hydrogen) atoms. The van der Waals surface area contributed by atoms with Gasteiger partial charge < -0.3 is 5.73 Å². The fraction of sp³-hybridized carbons (Fsp3) is 0.0769. The number of nitrogens with two attached hydrogens (primary N) is 1. The van der Waals surface area contributed by atoms with Crippen LogP contribution in [0.5, 0.6) is 0 Å². The minimum absolute atomic E-state index is 0.175. The van der Waals surface area contributed by atoms with Gasteiger partial charge in [-0.05, 0) is 17.7 Å². The molecule has 1 heterocycles. The van der Waals surface area contributed by atoms with E-state index in [0.717, 1.165) is 0 Å². The van der Waals surface area contributed by atoms with E-state index in [0.29, 0.717) is 11.1 Å². The summed E-state index contributed by atoms with van der Waals surface area (Å²) in [6.07, 6.45) is 1.51. The van der Waals surface area contributed by atoms with Crippen molar-refractivity contribution >= 4 is 33.0 Å². The molecule has 2 aromatic rings. The molecule has 0 amide bonds. The number of thiocarbonyl (C=S) groups is 1. The molecule has 0 bridgehead atoms. The molecule has 1 aromatic carbocycles. The minimum Gasteiger partial charge on any atom is -0.389 e. The summed E-state index contributed by atoms with van der Waals surface area (Å²) in [5.74, 6) is 0.0668. The van der Waals surface area contributed by atoms with Gasteiger partial charge in [-0.1, -0.05) is 42.5 Å². The quantitative estimate of drug-likeness (QED) is 0.821. The first-order valence-corrected chi connectivity index (χ1v) is 7.83. The minimum atomic E-state index is -3.57. The van der Waals surface area contributed by atoms with Crippen LogP contribution in [0.25, 0.3) is 0 Å². The highest BCUT2D eigenvalue weighted by Crippen LogP contribution is 2.14. The van der Waals surface area contributed by atoms with Crippen molar-refractivity contribution in [1.82, 2.24) is 4.98 Å². The number of benzene rings is 1. The highest BCUT2D eigenvalue weighted by molar-refractivity contribution is 7.91. The maximum Gasteiger partial charge on any atom is 0.238 e. The van der Waals surface area contributed by atoms with E-state index in [1.165, 1.54) is 6.20 Å². The second-order valence-corrected chi connectivity index (χ2v) is 6.26. The summed E-state index contributed by atoms with van der Waals surface area (Å²) in [5.41, 5.74) is 6.71. The normalized spacial score (nSPS) is 11.0. The smallest absolute Gasteiger partial charge is 0.238 e. The SMILES string of the molecule is NC(=S)c1ccccc1CS(=O)(=O)Nc1ccccn1. The first-order valence-electron chi connectivity index (χ1n) is 5.77. The van der Waals surface area contributed by atoms with Crippen LogP contribution in [-0.2, 0) is 15.8 Å². The Morgan fingerprint density at radius 1 is 1.20 bits per heavy atom. The average molecular weight is 307 g/mol. The Balaban J connectivity index is 2.23. The second-order valence-electron chi connectivity index (χ2n) is 4.10. The van der Waals surface area contributed by atoms with Crippen LogP contribution in [0.1, 0.15) is 11.1 Å². The first kappa shape index (κ1) is 14.4. The van der Waals surface area contributed by atoms with E-state index in [1.807, 2.05) is 0 Å². The van der Waals surface area contributed by atoms with E-state index in [9.17, 15) is 8.42 Å². The van der Waals surface area contributed by atoms with E-state index in [4.69, 9.17) is 18.0 Å². The summed E-state index contributed by atoms with van der Waals surface area (Å²) >= 11 is 4.92. The topological polar surface area (TPSA) is 85.1 Å². The Labute approximate surface area is 122 Å². The van der Waals surface area contributed by atoms with Gasteiger partial charge in [-0.25, -0.2) is 13.4 Å². The molecule has 0 aliphatic carbocycles. The third-order valence-corrected chi connectivity index (χ3v) is 3.98. The van der Waals surface area contributed by atoms with E-state index in [1.54, 1.807) is 42.5 Å². The third kappa shape index (κ3) is 3.75. The van der Waals surface area contributed by atoms with Crippen molar-refractivity contribution in [3.8, 4) is 0 Å². The van der Waals surface area contributed by atoms with Crippen LogP contribution in [0.4, 0.5) is 5.82 Å². The number of nitrogens with one attached hydrogen (secondary N) is 1. The molecule has 0 atom stereocenters. The first-order chi connectivity index (χ1) is 9.48. The number of hydrogen-bond donors (Lipinski definition) is 2. The largest absolute Gasteiger partial charge is 0.389 e. The molecule has 0 fully saturated rings. The van der Waals surface area contributed by atoms with Gasteiger partial charge in [-0.2, -0.15) is 0 Å².